The minimum Gasteiger partial charge on any atom is -0.444 e. The van der Waals surface area contributed by atoms with Crippen molar-refractivity contribution in [3.8, 4) is 0 Å². The zero-order valence-electron chi connectivity index (χ0n) is 11.6. The maximum atomic E-state index is 11.3. The molecule has 0 heterocycles. The van der Waals surface area contributed by atoms with E-state index in [9.17, 15) is 13.2 Å². The van der Waals surface area contributed by atoms with Gasteiger partial charge in [0.05, 0.1) is 5.75 Å². The third-order valence-corrected chi connectivity index (χ3v) is 3.41. The molecule has 0 fully saturated rings. The summed E-state index contributed by atoms with van der Waals surface area (Å²) in [5.41, 5.74) is -0.521. The summed E-state index contributed by atoms with van der Waals surface area (Å²) in [5, 5.41) is 2.56. The summed E-state index contributed by atoms with van der Waals surface area (Å²) in [6.07, 6.45) is 0.632. The summed E-state index contributed by atoms with van der Waals surface area (Å²) in [6, 6.07) is 0. The van der Waals surface area contributed by atoms with E-state index in [0.717, 1.165) is 0 Å². The number of carbonyl (C=O) groups is 1. The lowest BCUT2D eigenvalue weighted by molar-refractivity contribution is 0.0527. The fraction of sp³-hybridized carbons (Fsp3) is 0.909. The van der Waals surface area contributed by atoms with Crippen molar-refractivity contribution in [2.24, 2.45) is 0 Å². The van der Waals surface area contributed by atoms with Crippen LogP contribution in [-0.2, 0) is 14.8 Å². The van der Waals surface area contributed by atoms with Gasteiger partial charge in [0.1, 0.15) is 5.60 Å². The van der Waals surface area contributed by atoms with E-state index in [1.807, 2.05) is 6.92 Å². The Morgan fingerprint density at radius 1 is 1.22 bits per heavy atom. The monoisotopic (exact) mass is 280 g/mol. The molecule has 0 aliphatic heterocycles. The Hall–Kier alpha value is -0.820. The third-order valence-electron chi connectivity index (χ3n) is 1.82. The lowest BCUT2D eigenvalue weighted by atomic mass is 10.2. The molecule has 0 aliphatic carbocycles. The highest BCUT2D eigenvalue weighted by atomic mass is 32.2. The Morgan fingerprint density at radius 3 is 2.33 bits per heavy atom. The summed E-state index contributed by atoms with van der Waals surface area (Å²) < 4.78 is 30.1. The van der Waals surface area contributed by atoms with Crippen molar-refractivity contribution in [2.45, 2.75) is 46.1 Å². The highest BCUT2D eigenvalue weighted by Gasteiger charge is 2.15. The van der Waals surface area contributed by atoms with E-state index in [1.54, 1.807) is 20.8 Å². The van der Waals surface area contributed by atoms with Crippen molar-refractivity contribution in [3.05, 3.63) is 0 Å². The molecule has 0 aliphatic rings. The standard InChI is InChI=1S/C11H24N2O4S/c1-5-9-18(15,16)13-8-6-7-12-10(14)17-11(2,3)4/h13H,5-9H2,1-4H3,(H,12,14). The fourth-order valence-electron chi connectivity index (χ4n) is 1.16. The summed E-state index contributed by atoms with van der Waals surface area (Å²) in [7, 11) is -3.16. The van der Waals surface area contributed by atoms with Gasteiger partial charge in [0.25, 0.3) is 0 Å². The molecular formula is C11H24N2O4S. The first-order valence-corrected chi connectivity index (χ1v) is 7.75. The highest BCUT2D eigenvalue weighted by molar-refractivity contribution is 7.89. The van der Waals surface area contributed by atoms with Crippen molar-refractivity contribution in [2.75, 3.05) is 18.8 Å². The van der Waals surface area contributed by atoms with Crippen LogP contribution in [0.15, 0.2) is 0 Å². The van der Waals surface area contributed by atoms with Gasteiger partial charge >= 0.3 is 6.09 Å². The second-order valence-electron chi connectivity index (χ2n) is 5.00. The molecular weight excluding hydrogens is 256 g/mol. The first kappa shape index (κ1) is 17.2. The summed E-state index contributed by atoms with van der Waals surface area (Å²) in [4.78, 5) is 11.2. The molecule has 0 aromatic heterocycles. The van der Waals surface area contributed by atoms with E-state index < -0.39 is 21.7 Å². The van der Waals surface area contributed by atoms with Gasteiger partial charge < -0.3 is 10.1 Å². The van der Waals surface area contributed by atoms with Crippen LogP contribution in [0.4, 0.5) is 4.79 Å². The molecule has 7 heteroatoms. The maximum Gasteiger partial charge on any atom is 0.407 e. The van der Waals surface area contributed by atoms with Crippen LogP contribution < -0.4 is 10.0 Å². The van der Waals surface area contributed by atoms with Gasteiger partial charge in [-0.2, -0.15) is 0 Å². The van der Waals surface area contributed by atoms with Gasteiger partial charge in [-0.1, -0.05) is 6.92 Å². The molecule has 0 spiro atoms. The van der Waals surface area contributed by atoms with Crippen LogP contribution in [0.25, 0.3) is 0 Å². The van der Waals surface area contributed by atoms with Gasteiger partial charge in [-0.3, -0.25) is 0 Å². The number of nitrogens with one attached hydrogen (secondary N) is 2. The van der Waals surface area contributed by atoms with Gasteiger partial charge in [0.15, 0.2) is 0 Å². The van der Waals surface area contributed by atoms with Gasteiger partial charge in [-0.25, -0.2) is 17.9 Å². The van der Waals surface area contributed by atoms with Gasteiger partial charge in [-0.15, -0.1) is 0 Å². The lowest BCUT2D eigenvalue weighted by Gasteiger charge is -2.19. The van der Waals surface area contributed by atoms with Gasteiger partial charge in [0, 0.05) is 13.1 Å². The molecule has 0 unspecified atom stereocenters. The average Bonchev–Trinajstić information content (AvgIpc) is 2.13. The van der Waals surface area contributed by atoms with Crippen LogP contribution in [-0.4, -0.2) is 39.0 Å². The van der Waals surface area contributed by atoms with Crippen molar-refractivity contribution in [1.29, 1.82) is 0 Å². The largest absolute Gasteiger partial charge is 0.444 e. The molecule has 0 atom stereocenters. The van der Waals surface area contributed by atoms with Crippen LogP contribution in [0.5, 0.6) is 0 Å². The average molecular weight is 280 g/mol. The molecule has 18 heavy (non-hydrogen) atoms. The minimum absolute atomic E-state index is 0.131. The van der Waals surface area contributed by atoms with Crippen LogP contribution in [0.2, 0.25) is 0 Å². The number of carbonyl (C=O) groups excluding carboxylic acids is 1. The molecule has 2 N–H and O–H groups in total. The van der Waals surface area contributed by atoms with Crippen LogP contribution in [0, 0.1) is 0 Å². The van der Waals surface area contributed by atoms with Crippen molar-refractivity contribution >= 4 is 16.1 Å². The normalized spacial score (nSPS) is 12.2. The number of hydrogen-bond donors (Lipinski definition) is 2. The van der Waals surface area contributed by atoms with Crippen molar-refractivity contribution in [1.82, 2.24) is 10.0 Å². The van der Waals surface area contributed by atoms with E-state index in [4.69, 9.17) is 4.74 Å². The number of rotatable bonds is 7. The Morgan fingerprint density at radius 2 is 1.83 bits per heavy atom. The predicted molar refractivity (Wildman–Crippen MR) is 70.9 cm³/mol. The van der Waals surface area contributed by atoms with E-state index in [1.165, 1.54) is 0 Å². The molecule has 0 saturated carbocycles. The zero-order valence-corrected chi connectivity index (χ0v) is 12.4. The lowest BCUT2D eigenvalue weighted by Crippen LogP contribution is -2.34. The molecule has 0 aromatic rings. The highest BCUT2D eigenvalue weighted by Crippen LogP contribution is 2.06. The quantitative estimate of drug-likeness (QED) is 0.687. The van der Waals surface area contributed by atoms with Crippen molar-refractivity contribution in [3.63, 3.8) is 0 Å². The molecule has 0 saturated heterocycles. The first-order chi connectivity index (χ1) is 8.16. The zero-order chi connectivity index (χ0) is 14.2. The topological polar surface area (TPSA) is 84.5 Å². The predicted octanol–water partition coefficient (Wildman–Crippen LogP) is 1.23. The van der Waals surface area contributed by atoms with E-state index in [0.29, 0.717) is 25.9 Å². The Bertz CT molecular complexity index is 347. The molecule has 0 rings (SSSR count). The number of alkyl carbamates (subject to hydrolysis) is 1. The molecule has 0 radical (unpaired) electrons. The Balaban J connectivity index is 3.66. The molecule has 1 amide bonds. The SMILES string of the molecule is CCCS(=O)(=O)NCCCNC(=O)OC(C)(C)C. The smallest absolute Gasteiger partial charge is 0.407 e. The second kappa shape index (κ2) is 7.58. The molecule has 0 bridgehead atoms. The van der Waals surface area contributed by atoms with Crippen LogP contribution in [0.3, 0.4) is 0 Å². The van der Waals surface area contributed by atoms with Crippen LogP contribution >= 0.6 is 0 Å². The maximum absolute atomic E-state index is 11.3. The summed E-state index contributed by atoms with van der Waals surface area (Å²) in [6.45, 7) is 7.85. The number of amides is 1. The van der Waals surface area contributed by atoms with Crippen LogP contribution in [0.1, 0.15) is 40.5 Å². The first-order valence-electron chi connectivity index (χ1n) is 6.10. The second-order valence-corrected chi connectivity index (χ2v) is 6.92. The van der Waals surface area contributed by atoms with Gasteiger partial charge in [-0.05, 0) is 33.6 Å². The fourth-order valence-corrected chi connectivity index (χ4v) is 2.30. The molecule has 108 valence electrons. The number of sulfonamides is 1. The minimum atomic E-state index is -3.16. The van der Waals surface area contributed by atoms with E-state index in [-0.39, 0.29) is 5.75 Å². The molecule has 0 aromatic carbocycles. The summed E-state index contributed by atoms with van der Waals surface area (Å²) in [5.74, 6) is 0.131. The van der Waals surface area contributed by atoms with Crippen molar-refractivity contribution < 1.29 is 17.9 Å². The van der Waals surface area contributed by atoms with Gasteiger partial charge in [0.2, 0.25) is 10.0 Å². The number of hydrogen-bond acceptors (Lipinski definition) is 4. The van der Waals surface area contributed by atoms with E-state index >= 15 is 0 Å². The third kappa shape index (κ3) is 10.3. The summed E-state index contributed by atoms with van der Waals surface area (Å²) >= 11 is 0. The number of ether oxygens (including phenoxy) is 1. The van der Waals surface area contributed by atoms with E-state index in [2.05, 4.69) is 10.0 Å². The Kier molecular flexibility index (Phi) is 7.23. The Labute approximate surface area is 110 Å². The molecule has 6 nitrogen and oxygen atoms in total.